The van der Waals surface area contributed by atoms with E-state index in [4.69, 9.17) is 4.74 Å². The normalized spacial score (nSPS) is 16.7. The molecule has 162 valence electrons. The van der Waals surface area contributed by atoms with Crippen molar-refractivity contribution in [2.24, 2.45) is 5.92 Å². The number of halogens is 1. The monoisotopic (exact) mass is 429 g/mol. The van der Waals surface area contributed by atoms with Crippen LogP contribution in [0.4, 0.5) is 4.39 Å². The van der Waals surface area contributed by atoms with Gasteiger partial charge in [0.05, 0.1) is 19.6 Å². The average molecular weight is 430 g/mol. The molecule has 0 saturated carbocycles. The summed E-state index contributed by atoms with van der Waals surface area (Å²) in [6.45, 7) is 5.44. The van der Waals surface area contributed by atoms with Crippen molar-refractivity contribution in [1.82, 2.24) is 14.1 Å². The molecular formula is C19H28FN3O5S. The molecule has 1 aromatic rings. The number of carbonyl (C=O) groups is 2. The topological polar surface area (TPSA) is 87.2 Å². The van der Waals surface area contributed by atoms with Crippen LogP contribution in [-0.4, -0.2) is 87.3 Å². The number of piperazine rings is 1. The van der Waals surface area contributed by atoms with E-state index in [0.29, 0.717) is 13.1 Å². The highest BCUT2D eigenvalue weighted by molar-refractivity contribution is 7.89. The summed E-state index contributed by atoms with van der Waals surface area (Å²) in [6.07, 6.45) is 0. The second kappa shape index (κ2) is 10.1. The van der Waals surface area contributed by atoms with Crippen molar-refractivity contribution < 1.29 is 27.1 Å². The van der Waals surface area contributed by atoms with Gasteiger partial charge in [-0.3, -0.25) is 14.5 Å². The second-order valence-corrected chi connectivity index (χ2v) is 8.87. The van der Waals surface area contributed by atoms with E-state index < -0.39 is 15.8 Å². The summed E-state index contributed by atoms with van der Waals surface area (Å²) in [5.41, 5.74) is 0. The van der Waals surface area contributed by atoms with Crippen molar-refractivity contribution in [3.63, 3.8) is 0 Å². The molecule has 1 aromatic carbocycles. The Bertz CT molecular complexity index is 825. The van der Waals surface area contributed by atoms with Crippen molar-refractivity contribution in [2.45, 2.75) is 18.7 Å². The zero-order valence-corrected chi connectivity index (χ0v) is 17.8. The van der Waals surface area contributed by atoms with Crippen molar-refractivity contribution in [3.8, 4) is 0 Å². The van der Waals surface area contributed by atoms with Gasteiger partial charge in [-0.2, -0.15) is 4.31 Å². The number of rotatable bonds is 8. The van der Waals surface area contributed by atoms with E-state index in [2.05, 4.69) is 0 Å². The fraction of sp³-hybridized carbons (Fsp3) is 0.579. The molecule has 0 spiro atoms. The molecule has 1 aliphatic rings. The first kappa shape index (κ1) is 23.2. The third-order valence-corrected chi connectivity index (χ3v) is 6.92. The molecule has 0 bridgehead atoms. The van der Waals surface area contributed by atoms with Crippen molar-refractivity contribution in [1.29, 1.82) is 0 Å². The molecule has 1 fully saturated rings. The van der Waals surface area contributed by atoms with Gasteiger partial charge in [-0.05, 0) is 18.7 Å². The molecule has 1 amide bonds. The van der Waals surface area contributed by atoms with Gasteiger partial charge in [0, 0.05) is 32.7 Å². The fourth-order valence-corrected chi connectivity index (χ4v) is 4.72. The lowest BCUT2D eigenvalue weighted by Gasteiger charge is -2.35. The van der Waals surface area contributed by atoms with Crippen molar-refractivity contribution in [3.05, 3.63) is 30.1 Å². The minimum Gasteiger partial charge on any atom is -0.469 e. The minimum atomic E-state index is -3.94. The standard InChI is InChI=1S/C19H28FN3O5S/c1-4-21(13-15(2)19(25)28-3)14-18(24)22-9-11-23(12-10-22)29(26,27)17-8-6-5-7-16(17)20/h5-8,15H,4,9-14H2,1-3H3. The number of nitrogens with zero attached hydrogens (tertiary/aromatic N) is 3. The first-order valence-corrected chi connectivity index (χ1v) is 11.0. The van der Waals surface area contributed by atoms with Gasteiger partial charge < -0.3 is 9.64 Å². The van der Waals surface area contributed by atoms with Crippen LogP contribution in [0.1, 0.15) is 13.8 Å². The first-order valence-electron chi connectivity index (χ1n) is 9.53. The quantitative estimate of drug-likeness (QED) is 0.568. The number of sulfonamides is 1. The van der Waals surface area contributed by atoms with Gasteiger partial charge in [-0.15, -0.1) is 0 Å². The molecule has 29 heavy (non-hydrogen) atoms. The van der Waals surface area contributed by atoms with Gasteiger partial charge in [-0.25, -0.2) is 12.8 Å². The molecule has 0 radical (unpaired) electrons. The summed E-state index contributed by atoms with van der Waals surface area (Å²) in [5.74, 6) is -1.60. The molecule has 2 rings (SSSR count). The Morgan fingerprint density at radius 2 is 1.83 bits per heavy atom. The van der Waals surface area contributed by atoms with E-state index in [9.17, 15) is 22.4 Å². The number of carbonyl (C=O) groups excluding carboxylic acids is 2. The zero-order valence-electron chi connectivity index (χ0n) is 17.0. The van der Waals surface area contributed by atoms with Crippen LogP contribution >= 0.6 is 0 Å². The second-order valence-electron chi connectivity index (χ2n) is 6.97. The number of hydrogen-bond donors (Lipinski definition) is 0. The number of amides is 1. The summed E-state index contributed by atoms with van der Waals surface area (Å²) in [7, 11) is -2.61. The molecule has 0 aromatic heterocycles. The van der Waals surface area contributed by atoms with E-state index in [1.807, 2.05) is 11.8 Å². The third kappa shape index (κ3) is 5.74. The SMILES string of the molecule is CCN(CC(=O)N1CCN(S(=O)(=O)c2ccccc2F)CC1)CC(C)C(=O)OC. The Kier molecular flexibility index (Phi) is 8.12. The smallest absolute Gasteiger partial charge is 0.309 e. The van der Waals surface area contributed by atoms with Crippen LogP contribution in [0.5, 0.6) is 0 Å². The summed E-state index contributed by atoms with van der Waals surface area (Å²) in [6, 6.07) is 5.26. The Labute approximate surface area is 171 Å². The number of likely N-dealkylation sites (N-methyl/N-ethyl adjacent to an activating group) is 1. The summed E-state index contributed by atoms with van der Waals surface area (Å²) in [4.78, 5) is 27.3. The van der Waals surface area contributed by atoms with Crippen LogP contribution in [-0.2, 0) is 24.3 Å². The maximum Gasteiger partial charge on any atom is 0.309 e. The first-order chi connectivity index (χ1) is 13.7. The van der Waals surface area contributed by atoms with Crippen LogP contribution < -0.4 is 0 Å². The van der Waals surface area contributed by atoms with Crippen LogP contribution in [0.2, 0.25) is 0 Å². The lowest BCUT2D eigenvalue weighted by atomic mass is 10.1. The highest BCUT2D eigenvalue weighted by atomic mass is 32.2. The molecule has 8 nitrogen and oxygen atoms in total. The van der Waals surface area contributed by atoms with Crippen LogP contribution in [0.25, 0.3) is 0 Å². The highest BCUT2D eigenvalue weighted by Gasteiger charge is 2.32. The number of esters is 1. The average Bonchev–Trinajstić information content (AvgIpc) is 2.72. The maximum atomic E-state index is 13.9. The van der Waals surface area contributed by atoms with Crippen LogP contribution in [0, 0.1) is 11.7 Å². The third-order valence-electron chi connectivity index (χ3n) is 4.99. The molecule has 10 heteroatoms. The van der Waals surface area contributed by atoms with Gasteiger partial charge in [0.25, 0.3) is 0 Å². The number of hydrogen-bond acceptors (Lipinski definition) is 6. The Balaban J connectivity index is 1.93. The summed E-state index contributed by atoms with van der Waals surface area (Å²) >= 11 is 0. The highest BCUT2D eigenvalue weighted by Crippen LogP contribution is 2.20. The van der Waals surface area contributed by atoms with Gasteiger partial charge in [-0.1, -0.05) is 26.0 Å². The number of methoxy groups -OCH3 is 1. The van der Waals surface area contributed by atoms with E-state index in [0.717, 1.165) is 6.07 Å². The van der Waals surface area contributed by atoms with Gasteiger partial charge in [0.1, 0.15) is 10.7 Å². The molecule has 1 saturated heterocycles. The number of ether oxygens (including phenoxy) is 1. The lowest BCUT2D eigenvalue weighted by molar-refractivity contribution is -0.146. The predicted molar refractivity (Wildman–Crippen MR) is 105 cm³/mol. The molecule has 1 unspecified atom stereocenters. The van der Waals surface area contributed by atoms with Gasteiger partial charge in [0.15, 0.2) is 0 Å². The Morgan fingerprint density at radius 1 is 1.21 bits per heavy atom. The molecule has 1 aliphatic heterocycles. The van der Waals surface area contributed by atoms with E-state index >= 15 is 0 Å². The molecule has 0 N–H and O–H groups in total. The molecule has 1 atom stereocenters. The van der Waals surface area contributed by atoms with E-state index in [1.165, 1.54) is 29.6 Å². The summed E-state index contributed by atoms with van der Waals surface area (Å²) < 4.78 is 45.1. The van der Waals surface area contributed by atoms with Crippen LogP contribution in [0.15, 0.2) is 29.2 Å². The summed E-state index contributed by atoms with van der Waals surface area (Å²) in [5, 5.41) is 0. The molecule has 0 aliphatic carbocycles. The maximum absolute atomic E-state index is 13.9. The van der Waals surface area contributed by atoms with Crippen molar-refractivity contribution in [2.75, 3.05) is 52.9 Å². The van der Waals surface area contributed by atoms with Crippen LogP contribution in [0.3, 0.4) is 0 Å². The minimum absolute atomic E-state index is 0.104. The zero-order chi connectivity index (χ0) is 21.6. The Hall–Kier alpha value is -2.04. The predicted octanol–water partition coefficient (Wildman–Crippen LogP) is 0.790. The van der Waals surface area contributed by atoms with E-state index in [-0.39, 0.29) is 55.4 Å². The fourth-order valence-electron chi connectivity index (χ4n) is 3.23. The Morgan fingerprint density at radius 3 is 2.38 bits per heavy atom. The van der Waals surface area contributed by atoms with Gasteiger partial charge >= 0.3 is 5.97 Å². The molecule has 1 heterocycles. The number of benzene rings is 1. The van der Waals surface area contributed by atoms with Gasteiger partial charge in [0.2, 0.25) is 15.9 Å². The lowest BCUT2D eigenvalue weighted by Crippen LogP contribution is -2.53. The largest absolute Gasteiger partial charge is 0.469 e. The van der Waals surface area contributed by atoms with E-state index in [1.54, 1.807) is 11.8 Å². The van der Waals surface area contributed by atoms with Crippen molar-refractivity contribution >= 4 is 21.9 Å². The molecular weight excluding hydrogens is 401 g/mol.